The molecule has 0 radical (unpaired) electrons. The van der Waals surface area contributed by atoms with Crippen LogP contribution in [0.2, 0.25) is 10.0 Å². The number of aromatic nitrogens is 1. The second-order valence-corrected chi connectivity index (χ2v) is 9.54. The molecule has 0 spiro atoms. The first-order chi connectivity index (χ1) is 15.5. The molecular formula is C22H23Cl2N5O2S. The monoisotopic (exact) mass is 491 g/mol. The first-order valence-corrected chi connectivity index (χ1v) is 12.0. The number of pyridine rings is 1. The number of hydrogen-bond donors (Lipinski definition) is 1. The third-order valence-corrected chi connectivity index (χ3v) is 7.02. The number of fused-ring (bicyclic) bond motifs is 1. The molecule has 2 aliphatic rings. The molecule has 4 rings (SSSR count). The van der Waals surface area contributed by atoms with Gasteiger partial charge in [-0.1, -0.05) is 35.0 Å². The predicted molar refractivity (Wildman–Crippen MR) is 128 cm³/mol. The zero-order chi connectivity index (χ0) is 22.7. The van der Waals surface area contributed by atoms with Gasteiger partial charge in [-0.25, -0.2) is 4.98 Å². The lowest BCUT2D eigenvalue weighted by Gasteiger charge is -2.34. The number of benzene rings is 1. The van der Waals surface area contributed by atoms with E-state index in [1.54, 1.807) is 18.2 Å². The molecule has 0 aliphatic carbocycles. The highest BCUT2D eigenvalue weighted by Gasteiger charge is 2.28. The standard InChI is InChI=1S/C22H23Cl2N5O2S/c1-28-5-4-15-16(11-25)22(27-21(17(15)12-28)29-6-8-31-9-7-29)32-13-20(30)26-19-3-2-14(23)10-18(19)24/h2-3,10H,4-9,12-13H2,1H3,(H,26,30). The van der Waals surface area contributed by atoms with E-state index >= 15 is 0 Å². The SMILES string of the molecule is CN1CCc2c(C#N)c(SCC(=O)Nc3ccc(Cl)cc3Cl)nc(N3CCOCC3)c2C1. The smallest absolute Gasteiger partial charge is 0.234 e. The Labute approximate surface area is 201 Å². The summed E-state index contributed by atoms with van der Waals surface area (Å²) in [4.78, 5) is 21.9. The molecule has 0 bridgehead atoms. The van der Waals surface area contributed by atoms with Gasteiger partial charge in [-0.15, -0.1) is 0 Å². The van der Waals surface area contributed by atoms with Crippen LogP contribution in [0.1, 0.15) is 16.7 Å². The van der Waals surface area contributed by atoms with Crippen molar-refractivity contribution < 1.29 is 9.53 Å². The summed E-state index contributed by atoms with van der Waals surface area (Å²) >= 11 is 13.3. The number of halogens is 2. The van der Waals surface area contributed by atoms with Gasteiger partial charge >= 0.3 is 0 Å². The molecule has 2 aromatic rings. The number of anilines is 2. The van der Waals surface area contributed by atoms with Gasteiger partial charge in [0.15, 0.2) is 0 Å². The maximum absolute atomic E-state index is 12.6. The third-order valence-electron chi connectivity index (χ3n) is 5.50. The number of hydrogen-bond acceptors (Lipinski definition) is 7. The molecule has 2 aliphatic heterocycles. The highest BCUT2D eigenvalue weighted by molar-refractivity contribution is 8.00. The normalized spacial score (nSPS) is 16.4. The van der Waals surface area contributed by atoms with Gasteiger partial charge in [0.1, 0.15) is 16.9 Å². The van der Waals surface area contributed by atoms with Gasteiger partial charge in [0.2, 0.25) is 5.91 Å². The lowest BCUT2D eigenvalue weighted by atomic mass is 9.96. The van der Waals surface area contributed by atoms with E-state index in [0.717, 1.165) is 49.5 Å². The van der Waals surface area contributed by atoms with Crippen molar-refractivity contribution in [2.45, 2.75) is 18.0 Å². The van der Waals surface area contributed by atoms with E-state index in [1.807, 2.05) is 0 Å². The Morgan fingerprint density at radius 1 is 1.28 bits per heavy atom. The molecule has 1 amide bonds. The Balaban J connectivity index is 1.58. The van der Waals surface area contributed by atoms with E-state index in [2.05, 4.69) is 28.2 Å². The quantitative estimate of drug-likeness (QED) is 0.636. The van der Waals surface area contributed by atoms with E-state index in [9.17, 15) is 10.1 Å². The Morgan fingerprint density at radius 3 is 2.78 bits per heavy atom. The maximum atomic E-state index is 12.6. The molecule has 3 heterocycles. The second-order valence-electron chi connectivity index (χ2n) is 7.73. The number of amides is 1. The van der Waals surface area contributed by atoms with Gasteiger partial charge in [0.25, 0.3) is 0 Å². The largest absolute Gasteiger partial charge is 0.378 e. The number of nitriles is 1. The van der Waals surface area contributed by atoms with Crippen LogP contribution in [0, 0.1) is 11.3 Å². The van der Waals surface area contributed by atoms with Crippen LogP contribution in [-0.2, 0) is 22.5 Å². The van der Waals surface area contributed by atoms with Crippen LogP contribution in [0.3, 0.4) is 0 Å². The zero-order valence-electron chi connectivity index (χ0n) is 17.7. The predicted octanol–water partition coefficient (Wildman–Crippen LogP) is 3.82. The number of nitrogens with one attached hydrogen (secondary N) is 1. The molecule has 7 nitrogen and oxygen atoms in total. The number of rotatable bonds is 5. The van der Waals surface area contributed by atoms with Crippen LogP contribution in [-0.4, -0.2) is 61.4 Å². The molecule has 1 aromatic heterocycles. The number of carbonyl (C=O) groups is 1. The highest BCUT2D eigenvalue weighted by atomic mass is 35.5. The summed E-state index contributed by atoms with van der Waals surface area (Å²) in [6.45, 7) is 4.46. The van der Waals surface area contributed by atoms with Gasteiger partial charge in [0.05, 0.1) is 35.2 Å². The second kappa shape index (κ2) is 10.3. The summed E-state index contributed by atoms with van der Waals surface area (Å²) in [5.74, 6) is 0.787. The Morgan fingerprint density at radius 2 is 2.06 bits per heavy atom. The summed E-state index contributed by atoms with van der Waals surface area (Å²) in [5, 5.41) is 14.2. The number of carbonyl (C=O) groups excluding carboxylic acids is 1. The molecule has 168 valence electrons. The van der Waals surface area contributed by atoms with Crippen LogP contribution >= 0.6 is 35.0 Å². The fraction of sp³-hybridized carbons (Fsp3) is 0.409. The van der Waals surface area contributed by atoms with Crippen LogP contribution in [0.5, 0.6) is 0 Å². The molecular weight excluding hydrogens is 469 g/mol. The minimum absolute atomic E-state index is 0.113. The molecule has 1 N–H and O–H groups in total. The van der Waals surface area contributed by atoms with Crippen molar-refractivity contribution in [2.75, 3.05) is 55.9 Å². The van der Waals surface area contributed by atoms with Gasteiger partial charge < -0.3 is 19.9 Å². The van der Waals surface area contributed by atoms with Crippen molar-refractivity contribution in [2.24, 2.45) is 0 Å². The molecule has 0 atom stereocenters. The molecule has 10 heteroatoms. The zero-order valence-corrected chi connectivity index (χ0v) is 20.0. The van der Waals surface area contributed by atoms with Crippen molar-refractivity contribution in [1.29, 1.82) is 5.26 Å². The van der Waals surface area contributed by atoms with Crippen molar-refractivity contribution in [1.82, 2.24) is 9.88 Å². The van der Waals surface area contributed by atoms with E-state index in [0.29, 0.717) is 39.5 Å². The van der Waals surface area contributed by atoms with Crippen LogP contribution in [0.4, 0.5) is 11.5 Å². The van der Waals surface area contributed by atoms with Gasteiger partial charge in [-0.05, 0) is 37.2 Å². The van der Waals surface area contributed by atoms with E-state index in [4.69, 9.17) is 32.9 Å². The average Bonchev–Trinajstić information content (AvgIpc) is 2.79. The third kappa shape index (κ3) is 5.13. The van der Waals surface area contributed by atoms with E-state index in [-0.39, 0.29) is 11.7 Å². The topological polar surface area (TPSA) is 81.5 Å². The summed E-state index contributed by atoms with van der Waals surface area (Å²) < 4.78 is 5.50. The minimum atomic E-state index is -0.227. The van der Waals surface area contributed by atoms with Gasteiger partial charge in [-0.3, -0.25) is 4.79 Å². The Kier molecular flexibility index (Phi) is 7.44. The number of thioether (sulfide) groups is 1. The molecule has 0 unspecified atom stereocenters. The van der Waals surface area contributed by atoms with Crippen LogP contribution in [0.15, 0.2) is 23.2 Å². The Hall–Kier alpha value is -2.02. The molecule has 1 aromatic carbocycles. The van der Waals surface area contributed by atoms with Gasteiger partial charge in [0, 0.05) is 36.8 Å². The molecule has 0 saturated carbocycles. The van der Waals surface area contributed by atoms with E-state index in [1.165, 1.54) is 11.8 Å². The van der Waals surface area contributed by atoms with Crippen LogP contribution in [0.25, 0.3) is 0 Å². The van der Waals surface area contributed by atoms with Crippen molar-refractivity contribution in [3.8, 4) is 6.07 Å². The lowest BCUT2D eigenvalue weighted by molar-refractivity contribution is -0.113. The minimum Gasteiger partial charge on any atom is -0.378 e. The van der Waals surface area contributed by atoms with Crippen molar-refractivity contribution >= 4 is 52.4 Å². The number of morpholine rings is 1. The number of likely N-dealkylation sites (N-methyl/N-ethyl adjacent to an activating group) is 1. The van der Waals surface area contributed by atoms with Crippen LogP contribution < -0.4 is 10.2 Å². The summed E-state index contributed by atoms with van der Waals surface area (Å²) in [5.41, 5.74) is 3.23. The molecule has 1 fully saturated rings. The van der Waals surface area contributed by atoms with Crippen molar-refractivity contribution in [3.05, 3.63) is 44.9 Å². The van der Waals surface area contributed by atoms with Crippen molar-refractivity contribution in [3.63, 3.8) is 0 Å². The molecule has 1 saturated heterocycles. The number of ether oxygens (including phenoxy) is 1. The first-order valence-electron chi connectivity index (χ1n) is 10.3. The Bertz CT molecular complexity index is 1070. The highest BCUT2D eigenvalue weighted by Crippen LogP contribution is 2.35. The van der Waals surface area contributed by atoms with E-state index < -0.39 is 0 Å². The fourth-order valence-corrected chi connectivity index (χ4v) is 5.16. The summed E-state index contributed by atoms with van der Waals surface area (Å²) in [6, 6.07) is 7.26. The average molecular weight is 492 g/mol. The summed E-state index contributed by atoms with van der Waals surface area (Å²) in [7, 11) is 2.08. The molecule has 32 heavy (non-hydrogen) atoms. The maximum Gasteiger partial charge on any atom is 0.234 e. The first kappa shape index (κ1) is 23.1. The lowest BCUT2D eigenvalue weighted by Crippen LogP contribution is -2.39. The van der Waals surface area contributed by atoms with Gasteiger partial charge in [-0.2, -0.15) is 5.26 Å². The number of nitrogens with zero attached hydrogens (tertiary/aromatic N) is 4. The fourth-order valence-electron chi connectivity index (χ4n) is 3.90. The summed E-state index contributed by atoms with van der Waals surface area (Å²) in [6.07, 6.45) is 0.786.